The number of nitrogens with one attached hydrogen (secondary N) is 1. The van der Waals surface area contributed by atoms with Crippen LogP contribution in [0.2, 0.25) is 0 Å². The number of piperidine rings is 1. The van der Waals surface area contributed by atoms with E-state index in [1.807, 2.05) is 4.57 Å². The summed E-state index contributed by atoms with van der Waals surface area (Å²) >= 11 is 0. The first kappa shape index (κ1) is 11.4. The molecule has 1 aromatic heterocycles. The van der Waals surface area contributed by atoms with Crippen molar-refractivity contribution in [1.29, 1.82) is 0 Å². The van der Waals surface area contributed by atoms with Gasteiger partial charge in [0.1, 0.15) is 5.82 Å². The molecule has 1 aliphatic rings. The maximum atomic E-state index is 11.9. The van der Waals surface area contributed by atoms with Gasteiger partial charge in [-0.3, -0.25) is 4.57 Å². The predicted octanol–water partition coefficient (Wildman–Crippen LogP) is 0.459. The molecule has 0 aliphatic carbocycles. The third-order valence-corrected chi connectivity index (χ3v) is 3.19. The summed E-state index contributed by atoms with van der Waals surface area (Å²) in [6.45, 7) is 4.93. The van der Waals surface area contributed by atoms with Gasteiger partial charge in [0.25, 0.3) is 0 Å². The second-order valence-corrected chi connectivity index (χ2v) is 4.44. The van der Waals surface area contributed by atoms with Crippen LogP contribution >= 0.6 is 0 Å². The van der Waals surface area contributed by atoms with E-state index in [0.29, 0.717) is 5.92 Å². The lowest BCUT2D eigenvalue weighted by Gasteiger charge is -2.21. The molecule has 0 atom stereocenters. The third kappa shape index (κ3) is 2.04. The molecule has 1 aliphatic heterocycles. The molecule has 0 spiro atoms. The molecule has 0 aromatic carbocycles. The SMILES string of the molecule is CCCn1c(C2CCNCC2)nn(C)c1=O. The minimum Gasteiger partial charge on any atom is -0.317 e. The zero-order chi connectivity index (χ0) is 11.5. The van der Waals surface area contributed by atoms with Crippen LogP contribution in [-0.2, 0) is 13.6 Å². The topological polar surface area (TPSA) is 51.9 Å². The molecular formula is C11H20N4O. The maximum absolute atomic E-state index is 11.9. The fourth-order valence-electron chi connectivity index (χ4n) is 2.34. The van der Waals surface area contributed by atoms with Gasteiger partial charge in [-0.2, -0.15) is 5.10 Å². The molecule has 0 amide bonds. The molecule has 1 N–H and O–H groups in total. The van der Waals surface area contributed by atoms with Crippen LogP contribution in [0.15, 0.2) is 4.79 Å². The Kier molecular flexibility index (Phi) is 3.43. The normalized spacial score (nSPS) is 17.9. The fourth-order valence-corrected chi connectivity index (χ4v) is 2.34. The van der Waals surface area contributed by atoms with Crippen molar-refractivity contribution >= 4 is 0 Å². The number of aromatic nitrogens is 3. The second-order valence-electron chi connectivity index (χ2n) is 4.44. The summed E-state index contributed by atoms with van der Waals surface area (Å²) in [5.41, 5.74) is 0.0235. The van der Waals surface area contributed by atoms with Gasteiger partial charge in [0.15, 0.2) is 0 Å². The lowest BCUT2D eigenvalue weighted by Crippen LogP contribution is -2.29. The van der Waals surface area contributed by atoms with Crippen molar-refractivity contribution in [3.05, 3.63) is 16.3 Å². The number of hydrogen-bond donors (Lipinski definition) is 1. The van der Waals surface area contributed by atoms with Crippen LogP contribution in [0.25, 0.3) is 0 Å². The largest absolute Gasteiger partial charge is 0.345 e. The molecule has 90 valence electrons. The van der Waals surface area contributed by atoms with E-state index in [9.17, 15) is 4.79 Å². The van der Waals surface area contributed by atoms with Gasteiger partial charge >= 0.3 is 5.69 Å². The van der Waals surface area contributed by atoms with E-state index in [-0.39, 0.29) is 5.69 Å². The highest BCUT2D eigenvalue weighted by atomic mass is 16.2. The van der Waals surface area contributed by atoms with Gasteiger partial charge in [-0.1, -0.05) is 6.92 Å². The number of hydrogen-bond acceptors (Lipinski definition) is 3. The van der Waals surface area contributed by atoms with Crippen molar-refractivity contribution < 1.29 is 0 Å². The highest BCUT2D eigenvalue weighted by molar-refractivity contribution is 4.99. The molecule has 2 rings (SSSR count). The van der Waals surface area contributed by atoms with Crippen molar-refractivity contribution in [2.24, 2.45) is 7.05 Å². The summed E-state index contributed by atoms with van der Waals surface area (Å²) in [5.74, 6) is 1.43. The molecule has 5 heteroatoms. The first-order valence-electron chi connectivity index (χ1n) is 6.08. The van der Waals surface area contributed by atoms with E-state index in [1.54, 1.807) is 7.05 Å². The Hall–Kier alpha value is -1.10. The van der Waals surface area contributed by atoms with Gasteiger partial charge in [-0.15, -0.1) is 0 Å². The van der Waals surface area contributed by atoms with Crippen molar-refractivity contribution in [2.45, 2.75) is 38.6 Å². The molecule has 0 radical (unpaired) electrons. The van der Waals surface area contributed by atoms with E-state index in [4.69, 9.17) is 0 Å². The van der Waals surface area contributed by atoms with Gasteiger partial charge in [0, 0.05) is 19.5 Å². The molecule has 0 saturated carbocycles. The zero-order valence-electron chi connectivity index (χ0n) is 10.1. The fraction of sp³-hybridized carbons (Fsp3) is 0.818. The van der Waals surface area contributed by atoms with Crippen LogP contribution in [-0.4, -0.2) is 27.4 Å². The maximum Gasteiger partial charge on any atom is 0.345 e. The van der Waals surface area contributed by atoms with Crippen molar-refractivity contribution in [1.82, 2.24) is 19.7 Å². The number of rotatable bonds is 3. The summed E-state index contributed by atoms with van der Waals surface area (Å²) in [5, 5.41) is 7.73. The predicted molar refractivity (Wildman–Crippen MR) is 62.6 cm³/mol. The second kappa shape index (κ2) is 4.82. The average molecular weight is 224 g/mol. The van der Waals surface area contributed by atoms with Crippen molar-refractivity contribution in [3.8, 4) is 0 Å². The Balaban J connectivity index is 2.31. The Morgan fingerprint density at radius 3 is 2.75 bits per heavy atom. The van der Waals surface area contributed by atoms with Crippen molar-refractivity contribution in [3.63, 3.8) is 0 Å². The molecular weight excluding hydrogens is 204 g/mol. The molecule has 1 aromatic rings. The molecule has 1 saturated heterocycles. The summed E-state index contributed by atoms with van der Waals surface area (Å²) in [6, 6.07) is 0. The van der Waals surface area contributed by atoms with Crippen LogP contribution in [0.1, 0.15) is 37.9 Å². The zero-order valence-corrected chi connectivity index (χ0v) is 10.1. The van der Waals surface area contributed by atoms with Crippen LogP contribution in [0.5, 0.6) is 0 Å². The highest BCUT2D eigenvalue weighted by Gasteiger charge is 2.22. The molecule has 0 unspecified atom stereocenters. The van der Waals surface area contributed by atoms with Crippen LogP contribution in [0.4, 0.5) is 0 Å². The van der Waals surface area contributed by atoms with Crippen LogP contribution in [0, 0.1) is 0 Å². The van der Waals surface area contributed by atoms with E-state index in [0.717, 1.165) is 44.7 Å². The first-order valence-corrected chi connectivity index (χ1v) is 6.08. The van der Waals surface area contributed by atoms with Gasteiger partial charge < -0.3 is 5.32 Å². The van der Waals surface area contributed by atoms with E-state index in [1.165, 1.54) is 4.68 Å². The van der Waals surface area contributed by atoms with Gasteiger partial charge in [0.2, 0.25) is 0 Å². The number of aryl methyl sites for hydroxylation is 1. The lowest BCUT2D eigenvalue weighted by atomic mass is 9.97. The summed E-state index contributed by atoms with van der Waals surface area (Å²) in [4.78, 5) is 11.9. The standard InChI is InChI=1S/C11H20N4O/c1-3-8-15-10(13-14(2)11(15)16)9-4-6-12-7-5-9/h9,12H,3-8H2,1-2H3. The van der Waals surface area contributed by atoms with E-state index in [2.05, 4.69) is 17.3 Å². The smallest absolute Gasteiger partial charge is 0.317 e. The van der Waals surface area contributed by atoms with Gasteiger partial charge in [0.05, 0.1) is 0 Å². The molecule has 16 heavy (non-hydrogen) atoms. The monoisotopic (exact) mass is 224 g/mol. The Bertz CT molecular complexity index is 401. The van der Waals surface area contributed by atoms with E-state index >= 15 is 0 Å². The Labute approximate surface area is 95.5 Å². The summed E-state index contributed by atoms with van der Waals surface area (Å²) in [7, 11) is 1.74. The van der Waals surface area contributed by atoms with Crippen LogP contribution in [0.3, 0.4) is 0 Å². The van der Waals surface area contributed by atoms with E-state index < -0.39 is 0 Å². The molecule has 0 bridgehead atoms. The van der Waals surface area contributed by atoms with Crippen molar-refractivity contribution in [2.75, 3.05) is 13.1 Å². The van der Waals surface area contributed by atoms with Crippen LogP contribution < -0.4 is 11.0 Å². The average Bonchev–Trinajstić information content (AvgIpc) is 2.59. The quantitative estimate of drug-likeness (QED) is 0.811. The summed E-state index contributed by atoms with van der Waals surface area (Å²) < 4.78 is 3.31. The molecule has 2 heterocycles. The molecule has 1 fully saturated rings. The van der Waals surface area contributed by atoms with Gasteiger partial charge in [-0.05, 0) is 32.4 Å². The Morgan fingerprint density at radius 1 is 1.44 bits per heavy atom. The first-order chi connectivity index (χ1) is 7.74. The summed E-state index contributed by atoms with van der Waals surface area (Å²) in [6.07, 6.45) is 3.14. The third-order valence-electron chi connectivity index (χ3n) is 3.19. The minimum atomic E-state index is 0.0235. The van der Waals surface area contributed by atoms with Gasteiger partial charge in [-0.25, -0.2) is 9.48 Å². The lowest BCUT2D eigenvalue weighted by molar-refractivity contribution is 0.426. The minimum absolute atomic E-state index is 0.0235. The molecule has 5 nitrogen and oxygen atoms in total. The Morgan fingerprint density at radius 2 is 2.12 bits per heavy atom. The number of nitrogens with zero attached hydrogens (tertiary/aromatic N) is 3. The highest BCUT2D eigenvalue weighted by Crippen LogP contribution is 2.22.